The van der Waals surface area contributed by atoms with Crippen molar-refractivity contribution in [3.05, 3.63) is 58.9 Å². The van der Waals surface area contributed by atoms with Crippen molar-refractivity contribution in [1.29, 1.82) is 0 Å². The fourth-order valence-corrected chi connectivity index (χ4v) is 2.11. The first-order valence-corrected chi connectivity index (χ1v) is 6.74. The molecule has 0 unspecified atom stereocenters. The fourth-order valence-electron chi connectivity index (χ4n) is 2.11. The molecule has 2 aromatic rings. The predicted molar refractivity (Wildman–Crippen MR) is 79.2 cm³/mol. The maximum Gasteiger partial charge on any atom is 0.345 e. The molecule has 0 amide bonds. The van der Waals surface area contributed by atoms with Gasteiger partial charge in [-0.2, -0.15) is 0 Å². The van der Waals surface area contributed by atoms with Crippen LogP contribution in [0.3, 0.4) is 0 Å². The first kappa shape index (κ1) is 14.3. The number of para-hydroxylation sites is 1. The smallest absolute Gasteiger partial charge is 0.345 e. The highest BCUT2D eigenvalue weighted by Crippen LogP contribution is 2.26. The fraction of sp³-hybridized carbons (Fsp3) is 0.294. The van der Waals surface area contributed by atoms with Gasteiger partial charge < -0.3 is 4.74 Å². The van der Waals surface area contributed by atoms with Crippen LogP contribution in [0, 0.1) is 13.8 Å². The van der Waals surface area contributed by atoms with E-state index in [4.69, 9.17) is 4.74 Å². The van der Waals surface area contributed by atoms with E-state index in [-0.39, 0.29) is 5.97 Å². The van der Waals surface area contributed by atoms with Gasteiger partial charge >= 0.3 is 5.97 Å². The topological polar surface area (TPSA) is 39.2 Å². The van der Waals surface area contributed by atoms with Gasteiger partial charge in [-0.1, -0.05) is 32.0 Å². The van der Waals surface area contributed by atoms with Gasteiger partial charge in [0.25, 0.3) is 0 Å². The summed E-state index contributed by atoms with van der Waals surface area (Å²) < 4.78 is 5.53. The normalized spacial score (nSPS) is 10.7. The molecule has 0 radical (unpaired) electrons. The summed E-state index contributed by atoms with van der Waals surface area (Å²) in [4.78, 5) is 16.6. The zero-order chi connectivity index (χ0) is 14.7. The Morgan fingerprint density at radius 2 is 1.80 bits per heavy atom. The highest BCUT2D eigenvalue weighted by molar-refractivity contribution is 5.92. The molecule has 1 aromatic heterocycles. The molecule has 0 aliphatic heterocycles. The summed E-state index contributed by atoms with van der Waals surface area (Å²) in [5.74, 6) is 0.562. The number of rotatable bonds is 3. The van der Waals surface area contributed by atoms with E-state index in [1.165, 1.54) is 0 Å². The predicted octanol–water partition coefficient (Wildman–Crippen LogP) is 4.04. The molecule has 0 N–H and O–H groups in total. The van der Waals surface area contributed by atoms with E-state index in [1.807, 2.05) is 44.2 Å². The third kappa shape index (κ3) is 3.05. The van der Waals surface area contributed by atoms with Crippen LogP contribution < -0.4 is 4.74 Å². The molecule has 2 rings (SSSR count). The van der Waals surface area contributed by atoms with Crippen molar-refractivity contribution >= 4 is 5.97 Å². The molecule has 0 spiro atoms. The maximum absolute atomic E-state index is 12.3. The molecule has 0 aliphatic rings. The van der Waals surface area contributed by atoms with E-state index in [0.29, 0.717) is 22.9 Å². The van der Waals surface area contributed by atoms with E-state index in [0.717, 1.165) is 11.3 Å². The van der Waals surface area contributed by atoms with Crippen LogP contribution in [-0.4, -0.2) is 11.0 Å². The number of carbonyl (C=O) groups excluding carboxylic acids is 1. The second-order valence-electron chi connectivity index (χ2n) is 5.17. The largest absolute Gasteiger partial charge is 0.423 e. The summed E-state index contributed by atoms with van der Waals surface area (Å²) >= 11 is 0. The minimum absolute atomic E-state index is 0.302. The van der Waals surface area contributed by atoms with Gasteiger partial charge in [0.1, 0.15) is 5.75 Å². The molecular weight excluding hydrogens is 250 g/mol. The number of esters is 1. The minimum atomic E-state index is -0.358. The Kier molecular flexibility index (Phi) is 4.18. The van der Waals surface area contributed by atoms with Crippen LogP contribution in [0.1, 0.15) is 47.1 Å². The Balaban J connectivity index is 2.28. The van der Waals surface area contributed by atoms with Crippen LogP contribution in [0.15, 0.2) is 36.4 Å². The molecule has 20 heavy (non-hydrogen) atoms. The number of hydrogen-bond acceptors (Lipinski definition) is 3. The summed E-state index contributed by atoms with van der Waals surface area (Å²) in [6.07, 6.45) is 0. The Hall–Kier alpha value is -2.16. The van der Waals surface area contributed by atoms with Crippen molar-refractivity contribution in [3.8, 4) is 5.75 Å². The lowest BCUT2D eigenvalue weighted by Crippen LogP contribution is -2.12. The van der Waals surface area contributed by atoms with Gasteiger partial charge in [-0.05, 0) is 43.5 Å². The van der Waals surface area contributed by atoms with Crippen LogP contribution in [-0.2, 0) is 0 Å². The van der Waals surface area contributed by atoms with Crippen molar-refractivity contribution in [3.63, 3.8) is 0 Å². The van der Waals surface area contributed by atoms with Gasteiger partial charge in [-0.3, -0.25) is 4.98 Å². The van der Waals surface area contributed by atoms with E-state index >= 15 is 0 Å². The number of carbonyl (C=O) groups is 1. The highest BCUT2D eigenvalue weighted by Gasteiger charge is 2.15. The lowest BCUT2D eigenvalue weighted by atomic mass is 10.0. The number of hydrogen-bond donors (Lipinski definition) is 0. The number of pyridine rings is 1. The van der Waals surface area contributed by atoms with Gasteiger partial charge in [0, 0.05) is 5.69 Å². The number of ether oxygens (including phenoxy) is 1. The second kappa shape index (κ2) is 5.87. The monoisotopic (exact) mass is 269 g/mol. The number of aryl methyl sites for hydroxylation is 2. The molecule has 1 heterocycles. The van der Waals surface area contributed by atoms with Crippen molar-refractivity contribution in [1.82, 2.24) is 4.98 Å². The van der Waals surface area contributed by atoms with E-state index in [9.17, 15) is 4.79 Å². The summed E-state index contributed by atoms with van der Waals surface area (Å²) in [6.45, 7) is 7.87. The third-order valence-corrected chi connectivity index (χ3v) is 3.19. The summed E-state index contributed by atoms with van der Waals surface area (Å²) in [5, 5.41) is 0. The van der Waals surface area contributed by atoms with E-state index < -0.39 is 0 Å². The Morgan fingerprint density at radius 1 is 1.10 bits per heavy atom. The number of nitrogens with zero attached hydrogens (tertiary/aromatic N) is 1. The summed E-state index contributed by atoms with van der Waals surface area (Å²) in [6, 6.07) is 11.2. The zero-order valence-corrected chi connectivity index (χ0v) is 12.3. The zero-order valence-electron chi connectivity index (χ0n) is 12.3. The van der Waals surface area contributed by atoms with Crippen LogP contribution in [0.2, 0.25) is 0 Å². The van der Waals surface area contributed by atoms with Crippen LogP contribution >= 0.6 is 0 Å². The lowest BCUT2D eigenvalue weighted by Gasteiger charge is -2.13. The molecule has 0 saturated heterocycles. The Bertz CT molecular complexity index is 633. The van der Waals surface area contributed by atoms with Crippen LogP contribution in [0.25, 0.3) is 0 Å². The minimum Gasteiger partial charge on any atom is -0.423 e. The van der Waals surface area contributed by atoms with Gasteiger partial charge in [0.2, 0.25) is 0 Å². The molecule has 3 heteroatoms. The van der Waals surface area contributed by atoms with Gasteiger partial charge in [-0.25, -0.2) is 4.79 Å². The van der Waals surface area contributed by atoms with Crippen molar-refractivity contribution < 1.29 is 9.53 Å². The molecular formula is C17H19NO2. The van der Waals surface area contributed by atoms with Gasteiger partial charge in [0.05, 0.1) is 11.3 Å². The molecule has 0 bridgehead atoms. The highest BCUT2D eigenvalue weighted by atomic mass is 16.5. The first-order valence-electron chi connectivity index (χ1n) is 6.74. The average molecular weight is 269 g/mol. The third-order valence-electron chi connectivity index (χ3n) is 3.19. The maximum atomic E-state index is 12.3. The Morgan fingerprint density at radius 3 is 2.45 bits per heavy atom. The molecule has 0 aliphatic carbocycles. The van der Waals surface area contributed by atoms with Crippen molar-refractivity contribution in [2.75, 3.05) is 0 Å². The summed E-state index contributed by atoms with van der Waals surface area (Å²) in [5.41, 5.74) is 3.12. The molecule has 0 fully saturated rings. The molecule has 104 valence electrons. The van der Waals surface area contributed by atoms with E-state index in [1.54, 1.807) is 6.07 Å². The number of benzene rings is 1. The van der Waals surface area contributed by atoms with Gasteiger partial charge in [-0.15, -0.1) is 0 Å². The standard InChI is InChI=1S/C17H19NO2/c1-11(2)14-7-5-6-8-16(14)20-17(19)15-10-9-12(3)18-13(15)4/h5-11H,1-4H3. The second-order valence-corrected chi connectivity index (χ2v) is 5.17. The van der Waals surface area contributed by atoms with Crippen LogP contribution in [0.5, 0.6) is 5.75 Å². The van der Waals surface area contributed by atoms with E-state index in [2.05, 4.69) is 18.8 Å². The van der Waals surface area contributed by atoms with Crippen LogP contribution in [0.4, 0.5) is 0 Å². The quantitative estimate of drug-likeness (QED) is 0.623. The molecule has 1 aromatic carbocycles. The SMILES string of the molecule is Cc1ccc(C(=O)Oc2ccccc2C(C)C)c(C)n1. The Labute approximate surface area is 119 Å². The lowest BCUT2D eigenvalue weighted by molar-refractivity contribution is 0.0731. The number of aromatic nitrogens is 1. The molecule has 0 saturated carbocycles. The van der Waals surface area contributed by atoms with Crippen molar-refractivity contribution in [2.45, 2.75) is 33.6 Å². The summed E-state index contributed by atoms with van der Waals surface area (Å²) in [7, 11) is 0. The van der Waals surface area contributed by atoms with Crippen molar-refractivity contribution in [2.24, 2.45) is 0 Å². The van der Waals surface area contributed by atoms with Gasteiger partial charge in [0.15, 0.2) is 0 Å². The average Bonchev–Trinajstić information content (AvgIpc) is 2.38. The molecule has 0 atom stereocenters. The first-order chi connectivity index (χ1) is 9.49. The molecule has 3 nitrogen and oxygen atoms in total.